The monoisotopic (exact) mass is 355 g/mol. The molecule has 0 aliphatic rings. The third kappa shape index (κ3) is 4.16. The molecule has 2 aromatic rings. The smallest absolute Gasteiger partial charge is 0.384 e. The molecular formula is C16H13ClF3N3O. The fourth-order valence-electron chi connectivity index (χ4n) is 2.02. The van der Waals surface area contributed by atoms with Crippen molar-refractivity contribution in [2.24, 2.45) is 0 Å². The minimum absolute atomic E-state index is 0.0510. The molecule has 1 heterocycles. The van der Waals surface area contributed by atoms with E-state index < -0.39 is 17.5 Å². The van der Waals surface area contributed by atoms with Crippen molar-refractivity contribution < 1.29 is 18.3 Å². The Kier molecular flexibility index (Phi) is 5.02. The molecule has 0 spiro atoms. The maximum absolute atomic E-state index is 12.7. The van der Waals surface area contributed by atoms with Gasteiger partial charge < -0.3 is 10.4 Å². The van der Waals surface area contributed by atoms with Crippen LogP contribution in [0.3, 0.4) is 0 Å². The highest BCUT2D eigenvalue weighted by Gasteiger charge is 2.33. The lowest BCUT2D eigenvalue weighted by Crippen LogP contribution is -2.31. The van der Waals surface area contributed by atoms with Gasteiger partial charge in [0.1, 0.15) is 23.2 Å². The second-order valence-electron chi connectivity index (χ2n) is 5.34. The van der Waals surface area contributed by atoms with Crippen molar-refractivity contribution in [3.8, 4) is 6.07 Å². The van der Waals surface area contributed by atoms with Crippen molar-refractivity contribution in [3.63, 3.8) is 0 Å². The standard InChI is InChI=1S/C16H13ClF3N3O/c1-15(24,11-3-2-4-12(17)7-11)9-22-14-10(8-21)5-6-13(23-14)16(18,19)20/h2-7,24H,9H2,1H3,(H,22,23). The Balaban J connectivity index is 2.26. The Hall–Kier alpha value is -2.30. The summed E-state index contributed by atoms with van der Waals surface area (Å²) in [5, 5.41) is 22.5. The van der Waals surface area contributed by atoms with Crippen molar-refractivity contribution >= 4 is 17.4 Å². The van der Waals surface area contributed by atoms with Gasteiger partial charge in [0.15, 0.2) is 0 Å². The second kappa shape index (κ2) is 6.67. The molecule has 126 valence electrons. The summed E-state index contributed by atoms with van der Waals surface area (Å²) in [5.74, 6) is -0.241. The summed E-state index contributed by atoms with van der Waals surface area (Å²) >= 11 is 5.87. The summed E-state index contributed by atoms with van der Waals surface area (Å²) in [6.45, 7) is 1.32. The minimum atomic E-state index is -4.63. The van der Waals surface area contributed by atoms with Gasteiger partial charge in [0.25, 0.3) is 0 Å². The Bertz CT molecular complexity index is 785. The van der Waals surface area contributed by atoms with Crippen LogP contribution in [0.25, 0.3) is 0 Å². The van der Waals surface area contributed by atoms with Crippen LogP contribution in [0.1, 0.15) is 23.7 Å². The Morgan fingerprint density at radius 3 is 2.58 bits per heavy atom. The van der Waals surface area contributed by atoms with Crippen LogP contribution in [0.4, 0.5) is 19.0 Å². The summed E-state index contributed by atoms with van der Waals surface area (Å²) in [7, 11) is 0. The molecule has 0 aliphatic heterocycles. The molecule has 0 bridgehead atoms. The lowest BCUT2D eigenvalue weighted by Gasteiger charge is -2.25. The number of alkyl halides is 3. The number of benzene rings is 1. The van der Waals surface area contributed by atoms with Gasteiger partial charge in [0, 0.05) is 11.6 Å². The number of aromatic nitrogens is 1. The van der Waals surface area contributed by atoms with Gasteiger partial charge in [-0.3, -0.25) is 0 Å². The Labute approximate surface area is 141 Å². The molecule has 0 saturated heterocycles. The molecule has 0 saturated carbocycles. The number of pyridine rings is 1. The number of nitriles is 1. The SMILES string of the molecule is CC(O)(CNc1nc(C(F)(F)F)ccc1C#N)c1cccc(Cl)c1. The topological polar surface area (TPSA) is 68.9 Å². The molecule has 2 N–H and O–H groups in total. The zero-order valence-corrected chi connectivity index (χ0v) is 13.3. The molecule has 2 rings (SSSR count). The first-order valence-corrected chi connectivity index (χ1v) is 7.22. The van der Waals surface area contributed by atoms with E-state index in [4.69, 9.17) is 16.9 Å². The molecule has 0 aliphatic carbocycles. The lowest BCUT2D eigenvalue weighted by atomic mass is 9.96. The number of rotatable bonds is 4. The highest BCUT2D eigenvalue weighted by molar-refractivity contribution is 6.30. The Morgan fingerprint density at radius 1 is 1.29 bits per heavy atom. The molecule has 0 radical (unpaired) electrons. The third-order valence-electron chi connectivity index (χ3n) is 3.35. The van der Waals surface area contributed by atoms with Crippen molar-refractivity contribution in [2.45, 2.75) is 18.7 Å². The first-order chi connectivity index (χ1) is 11.1. The first-order valence-electron chi connectivity index (χ1n) is 6.84. The van der Waals surface area contributed by atoms with Crippen LogP contribution in [-0.4, -0.2) is 16.6 Å². The number of nitrogens with one attached hydrogen (secondary N) is 1. The third-order valence-corrected chi connectivity index (χ3v) is 3.59. The zero-order chi connectivity index (χ0) is 18.0. The van der Waals surface area contributed by atoms with Gasteiger partial charge in [-0.1, -0.05) is 23.7 Å². The number of hydrogen-bond acceptors (Lipinski definition) is 4. The quantitative estimate of drug-likeness (QED) is 0.871. The van der Waals surface area contributed by atoms with E-state index in [-0.39, 0.29) is 17.9 Å². The van der Waals surface area contributed by atoms with Crippen LogP contribution in [0.15, 0.2) is 36.4 Å². The van der Waals surface area contributed by atoms with Crippen LogP contribution >= 0.6 is 11.6 Å². The number of anilines is 1. The number of nitrogens with zero attached hydrogens (tertiary/aromatic N) is 2. The van der Waals surface area contributed by atoms with Gasteiger partial charge in [-0.15, -0.1) is 0 Å². The van der Waals surface area contributed by atoms with Gasteiger partial charge in [0.05, 0.1) is 5.56 Å². The lowest BCUT2D eigenvalue weighted by molar-refractivity contribution is -0.141. The highest BCUT2D eigenvalue weighted by atomic mass is 35.5. The number of halogens is 4. The summed E-state index contributed by atoms with van der Waals surface area (Å²) in [4.78, 5) is 3.43. The van der Waals surface area contributed by atoms with Crippen LogP contribution in [0, 0.1) is 11.3 Å². The highest BCUT2D eigenvalue weighted by Crippen LogP contribution is 2.30. The van der Waals surface area contributed by atoms with Crippen LogP contribution in [-0.2, 0) is 11.8 Å². The first kappa shape index (κ1) is 18.0. The van der Waals surface area contributed by atoms with Gasteiger partial charge in [0.2, 0.25) is 0 Å². The van der Waals surface area contributed by atoms with Gasteiger partial charge in [-0.2, -0.15) is 18.4 Å². The fourth-order valence-corrected chi connectivity index (χ4v) is 2.21. The van der Waals surface area contributed by atoms with E-state index in [9.17, 15) is 18.3 Å². The zero-order valence-electron chi connectivity index (χ0n) is 12.5. The van der Waals surface area contributed by atoms with Crippen LogP contribution in [0.2, 0.25) is 5.02 Å². The van der Waals surface area contributed by atoms with Gasteiger partial charge in [-0.05, 0) is 36.8 Å². The van der Waals surface area contributed by atoms with E-state index in [1.54, 1.807) is 30.3 Å². The molecule has 1 unspecified atom stereocenters. The Morgan fingerprint density at radius 2 is 2.00 bits per heavy atom. The summed E-state index contributed by atoms with van der Waals surface area (Å²) in [5.41, 5.74) is -2.11. The minimum Gasteiger partial charge on any atom is -0.384 e. The predicted molar refractivity (Wildman–Crippen MR) is 83.5 cm³/mol. The normalized spacial score (nSPS) is 13.9. The summed E-state index contributed by atoms with van der Waals surface area (Å²) < 4.78 is 38.2. The molecule has 1 atom stereocenters. The van der Waals surface area contributed by atoms with Crippen molar-refractivity contribution in [1.82, 2.24) is 4.98 Å². The molecule has 1 aromatic heterocycles. The molecule has 0 amide bonds. The van der Waals surface area contributed by atoms with Crippen molar-refractivity contribution in [3.05, 3.63) is 58.2 Å². The van der Waals surface area contributed by atoms with E-state index in [1.807, 2.05) is 0 Å². The van der Waals surface area contributed by atoms with E-state index in [1.165, 1.54) is 6.92 Å². The summed E-state index contributed by atoms with van der Waals surface area (Å²) in [6.07, 6.45) is -4.63. The molecule has 8 heteroatoms. The van der Waals surface area contributed by atoms with Crippen molar-refractivity contribution in [1.29, 1.82) is 5.26 Å². The average molecular weight is 356 g/mol. The predicted octanol–water partition coefficient (Wildman–Crippen LogP) is 3.95. The average Bonchev–Trinajstić information content (AvgIpc) is 2.52. The van der Waals surface area contributed by atoms with E-state index in [0.29, 0.717) is 10.6 Å². The van der Waals surface area contributed by atoms with Crippen molar-refractivity contribution in [2.75, 3.05) is 11.9 Å². The molecular weight excluding hydrogens is 343 g/mol. The number of aliphatic hydroxyl groups is 1. The largest absolute Gasteiger partial charge is 0.433 e. The van der Waals surface area contributed by atoms with E-state index in [0.717, 1.165) is 12.1 Å². The van der Waals surface area contributed by atoms with E-state index in [2.05, 4.69) is 10.3 Å². The maximum Gasteiger partial charge on any atom is 0.433 e. The number of hydrogen-bond donors (Lipinski definition) is 2. The van der Waals surface area contributed by atoms with Crippen LogP contribution in [0.5, 0.6) is 0 Å². The van der Waals surface area contributed by atoms with Crippen LogP contribution < -0.4 is 5.32 Å². The maximum atomic E-state index is 12.7. The fraction of sp³-hybridized carbons (Fsp3) is 0.250. The van der Waals surface area contributed by atoms with Gasteiger partial charge >= 0.3 is 6.18 Å². The van der Waals surface area contributed by atoms with Gasteiger partial charge in [-0.25, -0.2) is 4.98 Å². The summed E-state index contributed by atoms with van der Waals surface area (Å²) in [6, 6.07) is 10.0. The van der Waals surface area contributed by atoms with E-state index >= 15 is 0 Å². The molecule has 24 heavy (non-hydrogen) atoms. The molecule has 4 nitrogen and oxygen atoms in total. The molecule has 1 aromatic carbocycles. The second-order valence-corrected chi connectivity index (χ2v) is 5.78. The molecule has 0 fully saturated rings.